The van der Waals surface area contributed by atoms with Gasteiger partial charge in [0.15, 0.2) is 0 Å². The zero-order chi connectivity index (χ0) is 14.0. The summed E-state index contributed by atoms with van der Waals surface area (Å²) in [6.45, 7) is -0.0720. The van der Waals surface area contributed by atoms with Gasteiger partial charge < -0.3 is 10.8 Å². The molecule has 0 aliphatic heterocycles. The highest BCUT2D eigenvalue weighted by molar-refractivity contribution is 7.89. The van der Waals surface area contributed by atoms with Crippen LogP contribution in [-0.2, 0) is 10.0 Å². The third-order valence-electron chi connectivity index (χ3n) is 3.45. The van der Waals surface area contributed by atoms with Crippen LogP contribution in [0.4, 0.5) is 10.1 Å². The minimum Gasteiger partial charge on any atom is -0.399 e. The fraction of sp³-hybridized carbons (Fsp3) is 0.500. The van der Waals surface area contributed by atoms with Gasteiger partial charge in [-0.15, -0.1) is 0 Å². The topological polar surface area (TPSA) is 92.4 Å². The maximum atomic E-state index is 13.7. The standard InChI is InChI=1S/C12H17FN2O3S/c13-10-6-9(14)4-5-12(10)19(17,18)15-11-3-1-2-8(11)7-16/h4-6,8,11,15-16H,1-3,7,14H2. The number of benzene rings is 1. The van der Waals surface area contributed by atoms with Crippen molar-refractivity contribution in [3.63, 3.8) is 0 Å². The Kier molecular flexibility index (Phi) is 4.07. The fourth-order valence-electron chi connectivity index (χ4n) is 2.41. The zero-order valence-electron chi connectivity index (χ0n) is 10.3. The van der Waals surface area contributed by atoms with Crippen LogP contribution in [-0.4, -0.2) is 26.2 Å². The largest absolute Gasteiger partial charge is 0.399 e. The lowest BCUT2D eigenvalue weighted by Gasteiger charge is -2.19. The molecule has 19 heavy (non-hydrogen) atoms. The molecule has 0 spiro atoms. The van der Waals surface area contributed by atoms with Gasteiger partial charge in [0.1, 0.15) is 10.7 Å². The summed E-state index contributed by atoms with van der Waals surface area (Å²) in [6, 6.07) is 3.13. The number of aliphatic hydroxyl groups is 1. The van der Waals surface area contributed by atoms with Gasteiger partial charge in [0.2, 0.25) is 10.0 Å². The summed E-state index contributed by atoms with van der Waals surface area (Å²) >= 11 is 0. The van der Waals surface area contributed by atoms with Crippen molar-refractivity contribution in [1.82, 2.24) is 4.72 Å². The van der Waals surface area contributed by atoms with Gasteiger partial charge in [0, 0.05) is 18.3 Å². The average molecular weight is 288 g/mol. The van der Waals surface area contributed by atoms with Crippen LogP contribution in [0.25, 0.3) is 0 Å². The number of halogens is 1. The molecule has 1 aliphatic carbocycles. The fourth-order valence-corrected chi connectivity index (χ4v) is 3.81. The van der Waals surface area contributed by atoms with E-state index in [-0.39, 0.29) is 24.3 Å². The summed E-state index contributed by atoms with van der Waals surface area (Å²) < 4.78 is 40.3. The monoisotopic (exact) mass is 288 g/mol. The van der Waals surface area contributed by atoms with Crippen molar-refractivity contribution in [3.8, 4) is 0 Å². The van der Waals surface area contributed by atoms with E-state index in [1.165, 1.54) is 6.07 Å². The first-order valence-electron chi connectivity index (χ1n) is 6.12. The summed E-state index contributed by atoms with van der Waals surface area (Å²) in [5, 5.41) is 9.17. The van der Waals surface area contributed by atoms with Crippen LogP contribution in [0.5, 0.6) is 0 Å². The van der Waals surface area contributed by atoms with E-state index >= 15 is 0 Å². The number of anilines is 1. The second-order valence-electron chi connectivity index (χ2n) is 4.79. The first-order valence-corrected chi connectivity index (χ1v) is 7.60. The van der Waals surface area contributed by atoms with Gasteiger partial charge in [-0.2, -0.15) is 0 Å². The third kappa shape index (κ3) is 3.05. The molecule has 2 atom stereocenters. The number of hydrogen-bond donors (Lipinski definition) is 3. The second-order valence-corrected chi connectivity index (χ2v) is 6.47. The van der Waals surface area contributed by atoms with E-state index in [4.69, 9.17) is 10.8 Å². The van der Waals surface area contributed by atoms with E-state index in [0.29, 0.717) is 6.42 Å². The van der Waals surface area contributed by atoms with Gasteiger partial charge in [-0.1, -0.05) is 6.42 Å². The maximum absolute atomic E-state index is 13.7. The van der Waals surface area contributed by atoms with Gasteiger partial charge in [0.05, 0.1) is 0 Å². The number of hydrogen-bond acceptors (Lipinski definition) is 4. The van der Waals surface area contributed by atoms with Gasteiger partial charge in [-0.05, 0) is 37.0 Å². The highest BCUT2D eigenvalue weighted by Gasteiger charge is 2.31. The van der Waals surface area contributed by atoms with Gasteiger partial charge in [-0.3, -0.25) is 0 Å². The molecule has 0 amide bonds. The van der Waals surface area contributed by atoms with Crippen molar-refractivity contribution >= 4 is 15.7 Å². The molecule has 106 valence electrons. The quantitative estimate of drug-likeness (QED) is 0.716. The molecular weight excluding hydrogens is 271 g/mol. The minimum absolute atomic E-state index is 0.0720. The lowest BCUT2D eigenvalue weighted by atomic mass is 10.1. The molecule has 5 nitrogen and oxygen atoms in total. The molecule has 1 saturated carbocycles. The minimum atomic E-state index is -3.93. The SMILES string of the molecule is Nc1ccc(S(=O)(=O)NC2CCCC2CO)c(F)c1. The number of aliphatic hydroxyl groups excluding tert-OH is 1. The second kappa shape index (κ2) is 5.44. The Hall–Kier alpha value is -1.18. The number of nitrogens with two attached hydrogens (primary N) is 1. The van der Waals surface area contributed by atoms with Crippen molar-refractivity contribution < 1.29 is 17.9 Å². The van der Waals surface area contributed by atoms with Crippen LogP contribution in [0.2, 0.25) is 0 Å². The molecule has 2 rings (SSSR count). The number of nitrogens with one attached hydrogen (secondary N) is 1. The van der Waals surface area contributed by atoms with Crippen LogP contribution in [0.15, 0.2) is 23.1 Å². The molecule has 1 aromatic rings. The number of sulfonamides is 1. The van der Waals surface area contributed by atoms with Crippen molar-refractivity contribution in [2.24, 2.45) is 5.92 Å². The van der Waals surface area contributed by atoms with Crippen LogP contribution >= 0.6 is 0 Å². The third-order valence-corrected chi connectivity index (χ3v) is 4.97. The lowest BCUT2D eigenvalue weighted by Crippen LogP contribution is -2.38. The predicted octanol–water partition coefficient (Wildman–Crippen LogP) is 0.847. The number of nitrogen functional groups attached to an aromatic ring is 1. The molecular formula is C12H17FN2O3S. The van der Waals surface area contributed by atoms with E-state index in [0.717, 1.165) is 25.0 Å². The molecule has 7 heteroatoms. The molecule has 0 aromatic heterocycles. The molecule has 2 unspecified atom stereocenters. The molecule has 1 fully saturated rings. The molecule has 0 bridgehead atoms. The predicted molar refractivity (Wildman–Crippen MR) is 69.3 cm³/mol. The first kappa shape index (κ1) is 14.2. The Balaban J connectivity index is 2.23. The molecule has 0 saturated heterocycles. The Labute approximate surface area is 111 Å². The Morgan fingerprint density at radius 3 is 2.79 bits per heavy atom. The molecule has 0 radical (unpaired) electrons. The smallest absolute Gasteiger partial charge is 0.243 e. The van der Waals surface area contributed by atoms with E-state index in [1.807, 2.05) is 0 Å². The molecule has 1 aromatic carbocycles. The van der Waals surface area contributed by atoms with E-state index in [9.17, 15) is 12.8 Å². The van der Waals surface area contributed by atoms with Crippen LogP contribution in [0, 0.1) is 11.7 Å². The average Bonchev–Trinajstić information content (AvgIpc) is 2.74. The van der Waals surface area contributed by atoms with Crippen LogP contribution in [0.1, 0.15) is 19.3 Å². The Morgan fingerprint density at radius 2 is 2.16 bits per heavy atom. The summed E-state index contributed by atoms with van der Waals surface area (Å²) in [6.07, 6.45) is 2.28. The summed E-state index contributed by atoms with van der Waals surface area (Å²) in [7, 11) is -3.93. The van der Waals surface area contributed by atoms with E-state index < -0.39 is 20.7 Å². The van der Waals surface area contributed by atoms with E-state index in [1.54, 1.807) is 0 Å². The summed E-state index contributed by atoms with van der Waals surface area (Å²) in [4.78, 5) is -0.412. The normalized spacial score (nSPS) is 23.7. The van der Waals surface area contributed by atoms with Crippen molar-refractivity contribution in [2.75, 3.05) is 12.3 Å². The first-order chi connectivity index (χ1) is 8.94. The van der Waals surface area contributed by atoms with Crippen molar-refractivity contribution in [1.29, 1.82) is 0 Å². The van der Waals surface area contributed by atoms with Crippen LogP contribution in [0.3, 0.4) is 0 Å². The van der Waals surface area contributed by atoms with Gasteiger partial charge in [-0.25, -0.2) is 17.5 Å². The Bertz CT molecular complexity index is 562. The molecule has 0 heterocycles. The van der Waals surface area contributed by atoms with E-state index in [2.05, 4.69) is 4.72 Å². The van der Waals surface area contributed by atoms with Gasteiger partial charge >= 0.3 is 0 Å². The lowest BCUT2D eigenvalue weighted by molar-refractivity contribution is 0.213. The maximum Gasteiger partial charge on any atom is 0.243 e. The molecule has 1 aliphatic rings. The summed E-state index contributed by atoms with van der Waals surface area (Å²) in [5.74, 6) is -0.974. The number of rotatable bonds is 4. The highest BCUT2D eigenvalue weighted by atomic mass is 32.2. The highest BCUT2D eigenvalue weighted by Crippen LogP contribution is 2.27. The zero-order valence-corrected chi connectivity index (χ0v) is 11.2. The van der Waals surface area contributed by atoms with Crippen molar-refractivity contribution in [2.45, 2.75) is 30.2 Å². The van der Waals surface area contributed by atoms with Crippen molar-refractivity contribution in [3.05, 3.63) is 24.0 Å². The van der Waals surface area contributed by atoms with Gasteiger partial charge in [0.25, 0.3) is 0 Å². The Morgan fingerprint density at radius 1 is 1.42 bits per heavy atom. The summed E-state index contributed by atoms with van der Waals surface area (Å²) in [5.41, 5.74) is 5.56. The molecule has 4 N–H and O–H groups in total. The van der Waals surface area contributed by atoms with Crippen LogP contribution < -0.4 is 10.5 Å².